The molecular weight excluding hydrogens is 384 g/mol. The van der Waals surface area contributed by atoms with Gasteiger partial charge in [0.2, 0.25) is 0 Å². The average Bonchev–Trinajstić information content (AvgIpc) is 3.04. The van der Waals surface area contributed by atoms with E-state index in [0.29, 0.717) is 10.6 Å². The molecule has 0 spiro atoms. The van der Waals surface area contributed by atoms with E-state index < -0.39 is 0 Å². The Morgan fingerprint density at radius 3 is 2.90 bits per heavy atom. The third kappa shape index (κ3) is 3.82. The number of amides is 1. The second-order valence-electron chi connectivity index (χ2n) is 8.17. The molecule has 1 atom stereocenters. The Labute approximate surface area is 174 Å². The molecule has 1 unspecified atom stereocenters. The van der Waals surface area contributed by atoms with Crippen LogP contribution in [0.25, 0.3) is 10.2 Å². The molecule has 1 aliphatic heterocycles. The SMILES string of the molecule is CN(C)C(=O)c1sc2nc(C3(C)CCCN(Cc4cnccn4)C3)ccc2c1N. The van der Waals surface area contributed by atoms with Gasteiger partial charge in [-0.05, 0) is 31.5 Å². The van der Waals surface area contributed by atoms with Gasteiger partial charge < -0.3 is 10.6 Å². The summed E-state index contributed by atoms with van der Waals surface area (Å²) in [5.74, 6) is -0.0777. The minimum atomic E-state index is -0.0777. The van der Waals surface area contributed by atoms with Gasteiger partial charge in [0.05, 0.1) is 11.4 Å². The molecule has 1 amide bonds. The summed E-state index contributed by atoms with van der Waals surface area (Å²) >= 11 is 1.38. The summed E-state index contributed by atoms with van der Waals surface area (Å²) in [6, 6.07) is 4.09. The average molecular weight is 411 g/mol. The molecule has 7 nitrogen and oxygen atoms in total. The Morgan fingerprint density at radius 2 is 2.17 bits per heavy atom. The number of nitrogen functional groups attached to an aromatic ring is 1. The highest BCUT2D eigenvalue weighted by Crippen LogP contribution is 2.38. The van der Waals surface area contributed by atoms with E-state index in [1.54, 1.807) is 31.4 Å². The van der Waals surface area contributed by atoms with Crippen LogP contribution < -0.4 is 5.73 Å². The van der Waals surface area contributed by atoms with Crippen LogP contribution in [0.15, 0.2) is 30.7 Å². The van der Waals surface area contributed by atoms with Crippen molar-refractivity contribution < 1.29 is 4.79 Å². The molecule has 2 N–H and O–H groups in total. The lowest BCUT2D eigenvalue weighted by Crippen LogP contribution is -2.44. The fourth-order valence-corrected chi connectivity index (χ4v) is 5.14. The zero-order valence-electron chi connectivity index (χ0n) is 17.1. The molecule has 3 aromatic rings. The van der Waals surface area contributed by atoms with Gasteiger partial charge in [-0.15, -0.1) is 11.3 Å². The van der Waals surface area contributed by atoms with Crippen LogP contribution >= 0.6 is 11.3 Å². The van der Waals surface area contributed by atoms with Gasteiger partial charge in [-0.25, -0.2) is 4.98 Å². The summed E-state index contributed by atoms with van der Waals surface area (Å²) in [6.07, 6.45) is 7.45. The van der Waals surface area contributed by atoms with Crippen molar-refractivity contribution in [3.63, 3.8) is 0 Å². The third-order valence-electron chi connectivity index (χ3n) is 5.59. The normalized spacial score (nSPS) is 20.1. The molecule has 1 saturated heterocycles. The van der Waals surface area contributed by atoms with Crippen molar-refractivity contribution in [2.45, 2.75) is 31.7 Å². The number of rotatable bonds is 4. The monoisotopic (exact) mass is 410 g/mol. The molecule has 8 heteroatoms. The predicted octanol–water partition coefficient (Wildman–Crippen LogP) is 2.92. The highest BCUT2D eigenvalue weighted by molar-refractivity contribution is 7.21. The third-order valence-corrected chi connectivity index (χ3v) is 6.69. The summed E-state index contributed by atoms with van der Waals surface area (Å²) in [6.45, 7) is 5.01. The topological polar surface area (TPSA) is 88.2 Å². The molecule has 29 heavy (non-hydrogen) atoms. The maximum absolute atomic E-state index is 12.4. The smallest absolute Gasteiger partial charge is 0.265 e. The van der Waals surface area contributed by atoms with Crippen LogP contribution in [0.4, 0.5) is 5.69 Å². The van der Waals surface area contributed by atoms with E-state index >= 15 is 0 Å². The first-order valence-corrected chi connectivity index (χ1v) is 10.6. The lowest BCUT2D eigenvalue weighted by atomic mass is 9.78. The number of aromatic nitrogens is 3. The summed E-state index contributed by atoms with van der Waals surface area (Å²) < 4.78 is 0. The van der Waals surface area contributed by atoms with Crippen LogP contribution in [0, 0.1) is 0 Å². The fourth-order valence-electron chi connectivity index (χ4n) is 4.02. The highest BCUT2D eigenvalue weighted by Gasteiger charge is 2.34. The Morgan fingerprint density at radius 1 is 1.34 bits per heavy atom. The second-order valence-corrected chi connectivity index (χ2v) is 9.16. The van der Waals surface area contributed by atoms with Crippen molar-refractivity contribution >= 4 is 33.1 Å². The number of carbonyl (C=O) groups excluding carboxylic acids is 1. The van der Waals surface area contributed by atoms with Crippen molar-refractivity contribution in [3.05, 3.63) is 47.0 Å². The van der Waals surface area contributed by atoms with Gasteiger partial charge in [-0.3, -0.25) is 19.7 Å². The van der Waals surface area contributed by atoms with Crippen molar-refractivity contribution in [3.8, 4) is 0 Å². The molecule has 0 saturated carbocycles. The van der Waals surface area contributed by atoms with Crippen LogP contribution in [-0.2, 0) is 12.0 Å². The first kappa shape index (κ1) is 19.7. The molecule has 0 bridgehead atoms. The first-order valence-electron chi connectivity index (χ1n) is 9.76. The lowest BCUT2D eigenvalue weighted by Gasteiger charge is -2.40. The number of piperidine rings is 1. The minimum absolute atomic E-state index is 0.0564. The van der Waals surface area contributed by atoms with Crippen LogP contribution in [-0.4, -0.2) is 57.8 Å². The molecule has 0 aromatic carbocycles. The quantitative estimate of drug-likeness (QED) is 0.711. The zero-order chi connectivity index (χ0) is 20.6. The maximum atomic E-state index is 12.4. The molecule has 3 aromatic heterocycles. The molecule has 4 heterocycles. The number of pyridine rings is 1. The first-order chi connectivity index (χ1) is 13.9. The van der Waals surface area contributed by atoms with E-state index in [1.165, 1.54) is 11.3 Å². The van der Waals surface area contributed by atoms with Gasteiger partial charge in [-0.1, -0.05) is 6.92 Å². The van der Waals surface area contributed by atoms with Gasteiger partial charge in [0.15, 0.2) is 0 Å². The number of anilines is 1. The fraction of sp³-hybridized carbons (Fsp3) is 0.429. The Hall–Kier alpha value is -2.58. The van der Waals surface area contributed by atoms with Gasteiger partial charge >= 0.3 is 0 Å². The summed E-state index contributed by atoms with van der Waals surface area (Å²) in [5.41, 5.74) is 8.76. The predicted molar refractivity (Wildman–Crippen MR) is 116 cm³/mol. The van der Waals surface area contributed by atoms with Crippen LogP contribution in [0.1, 0.15) is 40.8 Å². The Bertz CT molecular complexity index is 1030. The Kier molecular flexibility index (Phi) is 5.23. The van der Waals surface area contributed by atoms with Crippen LogP contribution in [0.2, 0.25) is 0 Å². The van der Waals surface area contributed by atoms with Crippen molar-refractivity contribution in [2.75, 3.05) is 32.9 Å². The Balaban J connectivity index is 1.61. The van der Waals surface area contributed by atoms with E-state index in [1.807, 2.05) is 12.3 Å². The number of hydrogen-bond donors (Lipinski definition) is 1. The molecule has 4 rings (SSSR count). The van der Waals surface area contributed by atoms with E-state index in [0.717, 1.165) is 54.1 Å². The van der Waals surface area contributed by atoms with Crippen molar-refractivity contribution in [2.24, 2.45) is 0 Å². The van der Waals surface area contributed by atoms with E-state index in [-0.39, 0.29) is 11.3 Å². The minimum Gasteiger partial charge on any atom is -0.397 e. The summed E-state index contributed by atoms with van der Waals surface area (Å²) in [4.78, 5) is 31.3. The molecule has 0 aliphatic carbocycles. The number of nitrogens with zero attached hydrogens (tertiary/aromatic N) is 5. The number of carbonyl (C=O) groups is 1. The van der Waals surface area contributed by atoms with Gasteiger partial charge in [-0.2, -0.15) is 0 Å². The zero-order valence-corrected chi connectivity index (χ0v) is 17.9. The van der Waals surface area contributed by atoms with E-state index in [9.17, 15) is 4.79 Å². The number of thiophene rings is 1. The van der Waals surface area contributed by atoms with E-state index in [2.05, 4.69) is 27.9 Å². The maximum Gasteiger partial charge on any atom is 0.265 e. The summed E-state index contributed by atoms with van der Waals surface area (Å²) in [7, 11) is 3.47. The molecule has 0 radical (unpaired) electrons. The molecular formula is C21H26N6OS. The number of hydrogen-bond acceptors (Lipinski definition) is 7. The van der Waals surface area contributed by atoms with E-state index in [4.69, 9.17) is 10.7 Å². The molecule has 1 aliphatic rings. The largest absolute Gasteiger partial charge is 0.397 e. The highest BCUT2D eigenvalue weighted by atomic mass is 32.1. The van der Waals surface area contributed by atoms with Crippen molar-refractivity contribution in [1.82, 2.24) is 24.8 Å². The number of nitrogens with two attached hydrogens (primary N) is 1. The number of fused-ring (bicyclic) bond motifs is 1. The number of likely N-dealkylation sites (tertiary alicyclic amines) is 1. The lowest BCUT2D eigenvalue weighted by molar-refractivity contribution is 0.0833. The summed E-state index contributed by atoms with van der Waals surface area (Å²) in [5, 5.41) is 0.861. The van der Waals surface area contributed by atoms with Crippen LogP contribution in [0.3, 0.4) is 0 Å². The second kappa shape index (κ2) is 7.68. The molecule has 152 valence electrons. The standard InChI is InChI=1S/C21H26N6OS/c1-21(7-4-10-27(13-21)12-14-11-23-8-9-24-14)16-6-5-15-17(22)18(20(28)26(2)3)29-19(15)25-16/h5-6,8-9,11H,4,7,10,12-13,22H2,1-3H3. The van der Waals surface area contributed by atoms with Gasteiger partial charge in [0.1, 0.15) is 9.71 Å². The van der Waals surface area contributed by atoms with Gasteiger partial charge in [0.25, 0.3) is 5.91 Å². The van der Waals surface area contributed by atoms with Crippen molar-refractivity contribution in [1.29, 1.82) is 0 Å². The molecule has 1 fully saturated rings. The van der Waals surface area contributed by atoms with Crippen LogP contribution in [0.5, 0.6) is 0 Å². The van der Waals surface area contributed by atoms with Gasteiger partial charge in [0, 0.05) is 62.3 Å².